The predicted molar refractivity (Wildman–Crippen MR) is 112 cm³/mol. The van der Waals surface area contributed by atoms with Crippen molar-refractivity contribution in [2.24, 2.45) is 5.10 Å². The van der Waals surface area contributed by atoms with Crippen molar-refractivity contribution in [1.82, 2.24) is 14.9 Å². The summed E-state index contributed by atoms with van der Waals surface area (Å²) in [5, 5.41) is 14.2. The van der Waals surface area contributed by atoms with Gasteiger partial charge in [-0.1, -0.05) is 23.9 Å². The molecule has 1 aliphatic rings. The van der Waals surface area contributed by atoms with Gasteiger partial charge in [-0.2, -0.15) is 9.78 Å². The number of benzene rings is 2. The van der Waals surface area contributed by atoms with Gasteiger partial charge in [0, 0.05) is 31.1 Å². The third kappa shape index (κ3) is 3.31. The molecule has 0 saturated heterocycles. The van der Waals surface area contributed by atoms with Gasteiger partial charge >= 0.3 is 0 Å². The molecule has 1 aliphatic heterocycles. The Hall–Kier alpha value is -3.00. The average Bonchev–Trinajstić information content (AvgIpc) is 3.16. The van der Waals surface area contributed by atoms with E-state index in [1.165, 1.54) is 0 Å². The van der Waals surface area contributed by atoms with Gasteiger partial charge in [0.25, 0.3) is 0 Å². The summed E-state index contributed by atoms with van der Waals surface area (Å²) in [6.07, 6.45) is 0. The highest BCUT2D eigenvalue weighted by atomic mass is 32.2. The molecular weight excluding hydrogens is 374 g/mol. The first-order valence-electron chi connectivity index (χ1n) is 8.77. The van der Waals surface area contributed by atoms with Crippen LogP contribution in [-0.4, -0.2) is 54.7 Å². The van der Waals surface area contributed by atoms with Crippen LogP contribution in [0.25, 0.3) is 11.4 Å². The van der Waals surface area contributed by atoms with Gasteiger partial charge in [0.1, 0.15) is 0 Å². The van der Waals surface area contributed by atoms with Crippen molar-refractivity contribution in [2.45, 2.75) is 5.16 Å². The summed E-state index contributed by atoms with van der Waals surface area (Å²) in [4.78, 5) is 2.08. The van der Waals surface area contributed by atoms with Gasteiger partial charge in [0.2, 0.25) is 5.16 Å². The first-order chi connectivity index (χ1) is 13.6. The first kappa shape index (κ1) is 18.4. The minimum absolute atomic E-state index is 0.643. The second-order valence-electron chi connectivity index (χ2n) is 6.46. The fourth-order valence-corrected chi connectivity index (χ4v) is 3.81. The number of thioether (sulfide) groups is 1. The molecule has 0 atom stereocenters. The average molecular weight is 395 g/mol. The molecule has 0 amide bonds. The van der Waals surface area contributed by atoms with Crippen LogP contribution in [0.3, 0.4) is 0 Å². The Balaban J connectivity index is 1.72. The van der Waals surface area contributed by atoms with E-state index in [1.807, 2.05) is 32.3 Å². The molecule has 28 heavy (non-hydrogen) atoms. The number of hydrogen-bond acceptors (Lipinski definition) is 7. The van der Waals surface area contributed by atoms with Crippen molar-refractivity contribution in [3.8, 4) is 22.9 Å². The van der Waals surface area contributed by atoms with Gasteiger partial charge < -0.3 is 14.4 Å². The quantitative estimate of drug-likeness (QED) is 0.660. The molecule has 0 bridgehead atoms. The number of nitrogens with zero attached hydrogens (tertiary/aromatic N) is 5. The standard InChI is InChI=1S/C20H21N5O2S/c1-24(2)15-8-5-13(6-9-15)16-12-28-20-22-21-19(25(20)23-16)14-7-10-17(26-3)18(11-14)27-4/h5-11H,12H2,1-4H3. The summed E-state index contributed by atoms with van der Waals surface area (Å²) < 4.78 is 12.5. The number of ether oxygens (including phenoxy) is 2. The SMILES string of the molecule is COc1ccc(-c2nnc3n2N=C(c2ccc(N(C)C)cc2)CS3)cc1OC. The summed E-state index contributed by atoms with van der Waals surface area (Å²) in [6.45, 7) is 0. The van der Waals surface area contributed by atoms with Crippen LogP contribution in [0, 0.1) is 0 Å². The lowest BCUT2D eigenvalue weighted by Gasteiger charge is -2.16. The molecule has 4 rings (SSSR count). The highest BCUT2D eigenvalue weighted by Crippen LogP contribution is 2.34. The lowest BCUT2D eigenvalue weighted by Crippen LogP contribution is -2.14. The number of hydrogen-bond donors (Lipinski definition) is 0. The van der Waals surface area contributed by atoms with Crippen molar-refractivity contribution in [3.63, 3.8) is 0 Å². The summed E-state index contributed by atoms with van der Waals surface area (Å²) in [5.41, 5.74) is 4.11. The zero-order chi connectivity index (χ0) is 19.7. The fraction of sp³-hybridized carbons (Fsp3) is 0.250. The lowest BCUT2D eigenvalue weighted by atomic mass is 10.1. The maximum absolute atomic E-state index is 5.41. The maximum Gasteiger partial charge on any atom is 0.212 e. The van der Waals surface area contributed by atoms with E-state index in [4.69, 9.17) is 14.6 Å². The Morgan fingerprint density at radius 3 is 2.32 bits per heavy atom. The van der Waals surface area contributed by atoms with E-state index >= 15 is 0 Å². The lowest BCUT2D eigenvalue weighted by molar-refractivity contribution is 0.355. The van der Waals surface area contributed by atoms with Crippen LogP contribution in [-0.2, 0) is 0 Å². The molecule has 8 heteroatoms. The van der Waals surface area contributed by atoms with Gasteiger partial charge in [0.15, 0.2) is 17.3 Å². The van der Waals surface area contributed by atoms with Gasteiger partial charge in [0.05, 0.1) is 19.9 Å². The monoisotopic (exact) mass is 395 g/mol. The predicted octanol–water partition coefficient (Wildman–Crippen LogP) is 3.39. The second-order valence-corrected chi connectivity index (χ2v) is 7.41. The Bertz CT molecular complexity index is 1030. The molecule has 0 unspecified atom stereocenters. The Kier molecular flexibility index (Phi) is 4.95. The Labute approximate surface area is 168 Å². The van der Waals surface area contributed by atoms with E-state index in [0.717, 1.165) is 33.4 Å². The molecule has 144 valence electrons. The van der Waals surface area contributed by atoms with Gasteiger partial charge in [-0.25, -0.2) is 0 Å². The second kappa shape index (κ2) is 7.55. The molecule has 0 saturated carbocycles. The summed E-state index contributed by atoms with van der Waals surface area (Å²) in [6, 6.07) is 14.1. The van der Waals surface area contributed by atoms with E-state index in [0.29, 0.717) is 17.3 Å². The summed E-state index contributed by atoms with van der Waals surface area (Å²) >= 11 is 1.63. The van der Waals surface area contributed by atoms with Crippen molar-refractivity contribution in [1.29, 1.82) is 0 Å². The summed E-state index contributed by atoms with van der Waals surface area (Å²) in [7, 11) is 7.29. The van der Waals surface area contributed by atoms with E-state index in [1.54, 1.807) is 30.7 Å². The van der Waals surface area contributed by atoms with Crippen LogP contribution in [0.15, 0.2) is 52.7 Å². The molecule has 1 aromatic heterocycles. The molecule has 0 radical (unpaired) electrons. The van der Waals surface area contributed by atoms with Crippen molar-refractivity contribution >= 4 is 23.2 Å². The molecule has 2 aromatic carbocycles. The molecule has 0 fully saturated rings. The molecule has 3 aromatic rings. The highest BCUT2D eigenvalue weighted by molar-refractivity contribution is 7.99. The number of anilines is 1. The van der Waals surface area contributed by atoms with Gasteiger partial charge in [-0.3, -0.25) is 0 Å². The zero-order valence-corrected chi connectivity index (χ0v) is 17.0. The zero-order valence-electron chi connectivity index (χ0n) is 16.2. The highest BCUT2D eigenvalue weighted by Gasteiger charge is 2.21. The topological polar surface area (TPSA) is 64.8 Å². The van der Waals surface area contributed by atoms with Gasteiger partial charge in [-0.05, 0) is 35.9 Å². The molecule has 0 aliphatic carbocycles. The minimum atomic E-state index is 0.643. The van der Waals surface area contributed by atoms with Crippen LogP contribution in [0.4, 0.5) is 5.69 Å². The van der Waals surface area contributed by atoms with Crippen LogP contribution < -0.4 is 14.4 Å². The maximum atomic E-state index is 5.41. The number of fused-ring (bicyclic) bond motifs is 1. The Morgan fingerprint density at radius 1 is 0.929 bits per heavy atom. The number of aromatic nitrogens is 3. The molecule has 0 spiro atoms. The molecule has 0 N–H and O–H groups in total. The molecule has 7 nitrogen and oxygen atoms in total. The van der Waals surface area contributed by atoms with Crippen LogP contribution in [0.2, 0.25) is 0 Å². The summed E-state index contributed by atoms with van der Waals surface area (Å²) in [5.74, 6) is 2.74. The number of rotatable bonds is 5. The minimum Gasteiger partial charge on any atom is -0.493 e. The van der Waals surface area contributed by atoms with E-state index in [-0.39, 0.29) is 0 Å². The van der Waals surface area contributed by atoms with Crippen molar-refractivity contribution in [2.75, 3.05) is 39.0 Å². The molecule has 2 heterocycles. The van der Waals surface area contributed by atoms with E-state index in [9.17, 15) is 0 Å². The van der Waals surface area contributed by atoms with E-state index < -0.39 is 0 Å². The van der Waals surface area contributed by atoms with Gasteiger partial charge in [-0.15, -0.1) is 10.2 Å². The smallest absolute Gasteiger partial charge is 0.212 e. The number of methoxy groups -OCH3 is 2. The molecular formula is C20H21N5O2S. The van der Waals surface area contributed by atoms with Crippen LogP contribution in [0.5, 0.6) is 11.5 Å². The van der Waals surface area contributed by atoms with E-state index in [2.05, 4.69) is 39.4 Å². The first-order valence-corrected chi connectivity index (χ1v) is 9.75. The van der Waals surface area contributed by atoms with Crippen LogP contribution >= 0.6 is 11.8 Å². The normalized spacial score (nSPS) is 12.9. The van der Waals surface area contributed by atoms with Crippen molar-refractivity contribution in [3.05, 3.63) is 48.0 Å². The largest absolute Gasteiger partial charge is 0.493 e. The Morgan fingerprint density at radius 2 is 1.64 bits per heavy atom. The third-order valence-electron chi connectivity index (χ3n) is 4.53. The van der Waals surface area contributed by atoms with Crippen molar-refractivity contribution < 1.29 is 9.47 Å². The van der Waals surface area contributed by atoms with Crippen LogP contribution in [0.1, 0.15) is 5.56 Å². The fourth-order valence-electron chi connectivity index (χ4n) is 2.98. The third-order valence-corrected chi connectivity index (χ3v) is 5.46.